The lowest BCUT2D eigenvalue weighted by Gasteiger charge is -2.18. The highest BCUT2D eigenvalue weighted by Gasteiger charge is 2.13. The van der Waals surface area contributed by atoms with Crippen LogP contribution in [0.5, 0.6) is 0 Å². The standard InChI is InChI=1S/C14H19ClO/c1-4-11(9-10-14(2,3)16)12-5-7-13(15)8-6-12/h4-8,16H,9-10H2,1-3H3. The molecule has 1 nitrogen and oxygen atoms in total. The number of aliphatic hydroxyl groups is 1. The van der Waals surface area contributed by atoms with Crippen LogP contribution in [0.15, 0.2) is 30.3 Å². The van der Waals surface area contributed by atoms with E-state index in [9.17, 15) is 5.11 Å². The molecule has 0 unspecified atom stereocenters. The lowest BCUT2D eigenvalue weighted by molar-refractivity contribution is 0.0727. The van der Waals surface area contributed by atoms with Crippen LogP contribution in [0, 0.1) is 0 Å². The van der Waals surface area contributed by atoms with Gasteiger partial charge >= 0.3 is 0 Å². The monoisotopic (exact) mass is 238 g/mol. The van der Waals surface area contributed by atoms with Gasteiger partial charge in [0.25, 0.3) is 0 Å². The van der Waals surface area contributed by atoms with Crippen molar-refractivity contribution in [3.63, 3.8) is 0 Å². The normalized spacial score (nSPS) is 12.9. The minimum Gasteiger partial charge on any atom is -0.390 e. The maximum atomic E-state index is 9.70. The van der Waals surface area contributed by atoms with E-state index in [1.54, 1.807) is 0 Å². The van der Waals surface area contributed by atoms with Crippen LogP contribution in [0.25, 0.3) is 5.57 Å². The number of benzene rings is 1. The zero-order valence-corrected chi connectivity index (χ0v) is 10.9. The summed E-state index contributed by atoms with van der Waals surface area (Å²) >= 11 is 5.85. The minimum atomic E-state index is -0.610. The summed E-state index contributed by atoms with van der Waals surface area (Å²) in [7, 11) is 0. The molecule has 0 aromatic heterocycles. The number of halogens is 1. The summed E-state index contributed by atoms with van der Waals surface area (Å²) in [5.41, 5.74) is 1.82. The average Bonchev–Trinajstić information content (AvgIpc) is 2.20. The summed E-state index contributed by atoms with van der Waals surface area (Å²) in [5.74, 6) is 0. The van der Waals surface area contributed by atoms with Gasteiger partial charge in [0.2, 0.25) is 0 Å². The molecule has 0 aliphatic heterocycles. The van der Waals surface area contributed by atoms with Crippen molar-refractivity contribution in [1.29, 1.82) is 0 Å². The quantitative estimate of drug-likeness (QED) is 0.830. The first-order valence-electron chi connectivity index (χ1n) is 5.56. The maximum Gasteiger partial charge on any atom is 0.0594 e. The van der Waals surface area contributed by atoms with E-state index in [1.165, 1.54) is 11.1 Å². The molecule has 0 radical (unpaired) electrons. The third-order valence-corrected chi connectivity index (χ3v) is 2.82. The van der Waals surface area contributed by atoms with Gasteiger partial charge in [-0.1, -0.05) is 29.8 Å². The molecule has 2 heteroatoms. The summed E-state index contributed by atoms with van der Waals surface area (Å²) in [6, 6.07) is 7.82. The van der Waals surface area contributed by atoms with Gasteiger partial charge in [0, 0.05) is 5.02 Å². The van der Waals surface area contributed by atoms with Gasteiger partial charge in [0.15, 0.2) is 0 Å². The SMILES string of the molecule is CC=C(CCC(C)(C)O)c1ccc(Cl)cc1. The first-order chi connectivity index (χ1) is 7.42. The molecule has 0 amide bonds. The molecule has 0 bridgehead atoms. The maximum absolute atomic E-state index is 9.70. The van der Waals surface area contributed by atoms with Gasteiger partial charge in [0.05, 0.1) is 5.60 Å². The fourth-order valence-corrected chi connectivity index (χ4v) is 1.69. The molecule has 0 heterocycles. The van der Waals surface area contributed by atoms with Gasteiger partial charge in [0.1, 0.15) is 0 Å². The lowest BCUT2D eigenvalue weighted by atomic mass is 9.94. The molecule has 0 spiro atoms. The molecule has 0 saturated carbocycles. The second kappa shape index (κ2) is 5.51. The topological polar surface area (TPSA) is 20.2 Å². The van der Waals surface area contributed by atoms with E-state index >= 15 is 0 Å². The first kappa shape index (κ1) is 13.3. The van der Waals surface area contributed by atoms with Gasteiger partial charge < -0.3 is 5.11 Å². The van der Waals surface area contributed by atoms with Gasteiger partial charge in [-0.15, -0.1) is 0 Å². The largest absolute Gasteiger partial charge is 0.390 e. The zero-order chi connectivity index (χ0) is 12.2. The van der Waals surface area contributed by atoms with Crippen molar-refractivity contribution >= 4 is 17.2 Å². The zero-order valence-electron chi connectivity index (χ0n) is 10.1. The van der Waals surface area contributed by atoms with Gasteiger partial charge in [-0.3, -0.25) is 0 Å². The molecule has 16 heavy (non-hydrogen) atoms. The first-order valence-corrected chi connectivity index (χ1v) is 5.94. The van der Waals surface area contributed by atoms with Crippen molar-refractivity contribution in [2.24, 2.45) is 0 Å². The Balaban J connectivity index is 2.73. The van der Waals surface area contributed by atoms with E-state index in [2.05, 4.69) is 6.08 Å². The molecule has 0 aliphatic rings. The van der Waals surface area contributed by atoms with Crippen LogP contribution in [0.3, 0.4) is 0 Å². The van der Waals surface area contributed by atoms with E-state index in [-0.39, 0.29) is 0 Å². The molecular weight excluding hydrogens is 220 g/mol. The highest BCUT2D eigenvalue weighted by Crippen LogP contribution is 2.24. The Morgan fingerprint density at radius 2 is 1.88 bits per heavy atom. The van der Waals surface area contributed by atoms with Crippen LogP contribution >= 0.6 is 11.6 Å². The molecule has 0 fully saturated rings. The Kier molecular flexibility index (Phi) is 4.57. The van der Waals surface area contributed by atoms with Crippen LogP contribution in [-0.2, 0) is 0 Å². The fourth-order valence-electron chi connectivity index (χ4n) is 1.56. The minimum absolute atomic E-state index is 0.610. The average molecular weight is 239 g/mol. The number of allylic oxidation sites excluding steroid dienone is 2. The van der Waals surface area contributed by atoms with Gasteiger partial charge in [-0.05, 0) is 56.9 Å². The summed E-state index contributed by atoms with van der Waals surface area (Å²) in [6.45, 7) is 5.69. The highest BCUT2D eigenvalue weighted by atomic mass is 35.5. The third kappa shape index (κ3) is 4.38. The van der Waals surface area contributed by atoms with Crippen LogP contribution < -0.4 is 0 Å². The Hall–Kier alpha value is -0.790. The van der Waals surface area contributed by atoms with E-state index in [4.69, 9.17) is 11.6 Å². The van der Waals surface area contributed by atoms with E-state index in [1.807, 2.05) is 45.0 Å². The Morgan fingerprint density at radius 3 is 2.31 bits per heavy atom. The lowest BCUT2D eigenvalue weighted by Crippen LogP contribution is -2.18. The van der Waals surface area contributed by atoms with Crippen LogP contribution in [0.4, 0.5) is 0 Å². The second-order valence-corrected chi connectivity index (χ2v) is 5.07. The molecule has 88 valence electrons. The van der Waals surface area contributed by atoms with Crippen LogP contribution in [-0.4, -0.2) is 10.7 Å². The molecule has 0 saturated heterocycles. The summed E-state index contributed by atoms with van der Waals surface area (Å²) in [4.78, 5) is 0. The van der Waals surface area contributed by atoms with Crippen molar-refractivity contribution in [3.05, 3.63) is 40.9 Å². The van der Waals surface area contributed by atoms with Crippen molar-refractivity contribution in [2.45, 2.75) is 39.2 Å². The van der Waals surface area contributed by atoms with Crippen LogP contribution in [0.2, 0.25) is 5.02 Å². The van der Waals surface area contributed by atoms with E-state index in [0.717, 1.165) is 17.9 Å². The van der Waals surface area contributed by atoms with Crippen molar-refractivity contribution in [2.75, 3.05) is 0 Å². The third-order valence-electron chi connectivity index (χ3n) is 2.57. The molecule has 0 aliphatic carbocycles. The van der Waals surface area contributed by atoms with E-state index in [0.29, 0.717) is 0 Å². The smallest absolute Gasteiger partial charge is 0.0594 e. The van der Waals surface area contributed by atoms with Crippen molar-refractivity contribution in [3.8, 4) is 0 Å². The predicted octanol–water partition coefficient (Wildman–Crippen LogP) is 4.29. The molecule has 1 N–H and O–H groups in total. The number of hydrogen-bond donors (Lipinski definition) is 1. The van der Waals surface area contributed by atoms with Gasteiger partial charge in [-0.25, -0.2) is 0 Å². The summed E-state index contributed by atoms with van der Waals surface area (Å²) in [6.07, 6.45) is 3.73. The fraction of sp³-hybridized carbons (Fsp3) is 0.429. The van der Waals surface area contributed by atoms with Crippen LogP contribution in [0.1, 0.15) is 39.2 Å². The number of rotatable bonds is 4. The summed E-state index contributed by atoms with van der Waals surface area (Å²) < 4.78 is 0. The number of hydrogen-bond acceptors (Lipinski definition) is 1. The highest BCUT2D eigenvalue weighted by molar-refractivity contribution is 6.30. The Morgan fingerprint density at radius 1 is 1.31 bits per heavy atom. The molecule has 0 atom stereocenters. The Labute approximate surface area is 103 Å². The van der Waals surface area contributed by atoms with Crippen molar-refractivity contribution in [1.82, 2.24) is 0 Å². The van der Waals surface area contributed by atoms with Gasteiger partial charge in [-0.2, -0.15) is 0 Å². The molecule has 1 aromatic carbocycles. The predicted molar refractivity (Wildman–Crippen MR) is 70.6 cm³/mol. The Bertz CT molecular complexity index is 357. The van der Waals surface area contributed by atoms with E-state index < -0.39 is 5.60 Å². The van der Waals surface area contributed by atoms with Crippen molar-refractivity contribution < 1.29 is 5.11 Å². The second-order valence-electron chi connectivity index (χ2n) is 4.63. The summed E-state index contributed by atoms with van der Waals surface area (Å²) in [5, 5.41) is 10.5. The molecule has 1 rings (SSSR count). The molecule has 1 aromatic rings. The molecular formula is C14H19ClO.